The van der Waals surface area contributed by atoms with E-state index in [2.05, 4.69) is 48.8 Å². The van der Waals surface area contributed by atoms with Gasteiger partial charge in [-0.3, -0.25) is 4.72 Å². The highest BCUT2D eigenvalue weighted by Gasteiger charge is 2.29. The fraction of sp³-hybridized carbons (Fsp3) is 0.391. The first kappa shape index (κ1) is 22.8. The summed E-state index contributed by atoms with van der Waals surface area (Å²) in [6.45, 7) is 4.57. The van der Waals surface area contributed by atoms with Crippen molar-refractivity contribution in [3.05, 3.63) is 42.2 Å². The number of aromatic nitrogens is 4. The fourth-order valence-corrected chi connectivity index (χ4v) is 4.84. The van der Waals surface area contributed by atoms with E-state index in [1.807, 2.05) is 0 Å². The van der Waals surface area contributed by atoms with E-state index in [0.29, 0.717) is 19.2 Å². The number of aliphatic hydroxyl groups is 1. The van der Waals surface area contributed by atoms with Crippen molar-refractivity contribution in [1.29, 1.82) is 0 Å². The number of ether oxygens (including phenoxy) is 1. The Hall–Kier alpha value is -2.99. The number of aliphatic hydroxyl groups excluding tert-OH is 1. The molecule has 1 saturated heterocycles. The molecule has 1 fully saturated rings. The standard InChI is InChI=1S/C23H28N8O2S/c24-22-25-14-16(15-26-22)20-19-5-7-31(17-3-1-4-18(13-17)34-27-6-2-10-32)21(19)29-23(28-20)30-8-11-33-12-9-30/h1,3-4,13-15,27,32H,2,5-12H2,(H2,24,25,26). The number of nitrogen functional groups attached to an aromatic ring is 1. The van der Waals surface area contributed by atoms with Crippen LogP contribution in [-0.2, 0) is 11.2 Å². The van der Waals surface area contributed by atoms with Crippen molar-refractivity contribution in [1.82, 2.24) is 24.7 Å². The van der Waals surface area contributed by atoms with E-state index in [-0.39, 0.29) is 12.6 Å². The lowest BCUT2D eigenvalue weighted by molar-refractivity contribution is 0.122. The summed E-state index contributed by atoms with van der Waals surface area (Å²) in [5.41, 5.74) is 9.58. The highest BCUT2D eigenvalue weighted by atomic mass is 32.2. The average Bonchev–Trinajstić information content (AvgIpc) is 3.31. The molecule has 178 valence electrons. The van der Waals surface area contributed by atoms with Gasteiger partial charge in [-0.05, 0) is 43.0 Å². The van der Waals surface area contributed by atoms with Gasteiger partial charge in [0.25, 0.3) is 0 Å². The molecule has 5 rings (SSSR count). The van der Waals surface area contributed by atoms with Crippen molar-refractivity contribution < 1.29 is 9.84 Å². The third kappa shape index (κ3) is 4.92. The number of fused-ring (bicyclic) bond motifs is 1. The van der Waals surface area contributed by atoms with Gasteiger partial charge < -0.3 is 25.4 Å². The number of nitrogens with zero attached hydrogens (tertiary/aromatic N) is 6. The molecule has 10 nitrogen and oxygen atoms in total. The van der Waals surface area contributed by atoms with E-state index < -0.39 is 0 Å². The van der Waals surface area contributed by atoms with Crippen LogP contribution in [0.2, 0.25) is 0 Å². The SMILES string of the molecule is Nc1ncc(-c2nc(N3CCOCC3)nc3c2CCN3c2cccc(SNCCCO)c2)cn1. The van der Waals surface area contributed by atoms with Gasteiger partial charge in [-0.15, -0.1) is 0 Å². The fourth-order valence-electron chi connectivity index (χ4n) is 4.10. The lowest BCUT2D eigenvalue weighted by Gasteiger charge is -2.28. The monoisotopic (exact) mass is 480 g/mol. The summed E-state index contributed by atoms with van der Waals surface area (Å²) in [6.07, 6.45) is 5.01. The van der Waals surface area contributed by atoms with Gasteiger partial charge >= 0.3 is 0 Å². The summed E-state index contributed by atoms with van der Waals surface area (Å²) in [5.74, 6) is 1.85. The van der Waals surface area contributed by atoms with Gasteiger partial charge in [0, 0.05) is 66.9 Å². The molecule has 11 heteroatoms. The molecule has 0 atom stereocenters. The summed E-state index contributed by atoms with van der Waals surface area (Å²) in [6, 6.07) is 8.40. The maximum Gasteiger partial charge on any atom is 0.228 e. The molecular weight excluding hydrogens is 452 g/mol. The number of hydrogen-bond donors (Lipinski definition) is 3. The van der Waals surface area contributed by atoms with Crippen LogP contribution >= 0.6 is 11.9 Å². The van der Waals surface area contributed by atoms with E-state index in [1.54, 1.807) is 24.3 Å². The second kappa shape index (κ2) is 10.5. The van der Waals surface area contributed by atoms with Crippen LogP contribution in [0.4, 0.5) is 23.4 Å². The maximum atomic E-state index is 8.99. The van der Waals surface area contributed by atoms with Crippen LogP contribution in [0.3, 0.4) is 0 Å². The largest absolute Gasteiger partial charge is 0.396 e. The zero-order valence-corrected chi connectivity index (χ0v) is 19.7. The molecule has 0 aliphatic carbocycles. The van der Waals surface area contributed by atoms with Gasteiger partial charge in [-0.2, -0.15) is 4.98 Å². The topological polar surface area (TPSA) is 126 Å². The van der Waals surface area contributed by atoms with Crippen molar-refractivity contribution in [3.8, 4) is 11.3 Å². The molecule has 4 N–H and O–H groups in total. The molecule has 2 aliphatic heterocycles. The molecule has 3 aromatic rings. The lowest BCUT2D eigenvalue weighted by atomic mass is 10.1. The molecule has 0 amide bonds. The first-order valence-corrected chi connectivity index (χ1v) is 12.2. The Morgan fingerprint density at radius 1 is 1.12 bits per heavy atom. The third-order valence-electron chi connectivity index (χ3n) is 5.81. The first-order valence-electron chi connectivity index (χ1n) is 11.4. The van der Waals surface area contributed by atoms with Crippen molar-refractivity contribution in [2.75, 3.05) is 61.5 Å². The predicted octanol–water partition coefficient (Wildman–Crippen LogP) is 2.03. The Kier molecular flexibility index (Phi) is 7.05. The minimum Gasteiger partial charge on any atom is -0.396 e. The van der Waals surface area contributed by atoms with Gasteiger partial charge in [0.05, 0.1) is 18.9 Å². The Morgan fingerprint density at radius 2 is 1.94 bits per heavy atom. The molecule has 4 heterocycles. The molecule has 0 saturated carbocycles. The zero-order chi connectivity index (χ0) is 23.3. The van der Waals surface area contributed by atoms with Crippen molar-refractivity contribution in [3.63, 3.8) is 0 Å². The van der Waals surface area contributed by atoms with Crippen molar-refractivity contribution in [2.24, 2.45) is 0 Å². The Balaban J connectivity index is 1.50. The van der Waals surface area contributed by atoms with E-state index in [1.165, 1.54) is 0 Å². The van der Waals surface area contributed by atoms with Crippen LogP contribution in [0.25, 0.3) is 11.3 Å². The lowest BCUT2D eigenvalue weighted by Crippen LogP contribution is -2.37. The van der Waals surface area contributed by atoms with Crippen LogP contribution in [0.15, 0.2) is 41.6 Å². The van der Waals surface area contributed by atoms with Crippen molar-refractivity contribution in [2.45, 2.75) is 17.7 Å². The van der Waals surface area contributed by atoms with Gasteiger partial charge in [-0.1, -0.05) is 6.07 Å². The Labute approximate surface area is 202 Å². The summed E-state index contributed by atoms with van der Waals surface area (Å²) < 4.78 is 8.83. The minimum absolute atomic E-state index is 0.185. The molecular formula is C23H28N8O2S. The molecule has 0 spiro atoms. The highest BCUT2D eigenvalue weighted by molar-refractivity contribution is 7.97. The Bertz CT molecular complexity index is 1120. The molecule has 0 bridgehead atoms. The molecule has 1 aromatic carbocycles. The van der Waals surface area contributed by atoms with Crippen LogP contribution < -0.4 is 20.3 Å². The van der Waals surface area contributed by atoms with Crippen LogP contribution in [0.5, 0.6) is 0 Å². The van der Waals surface area contributed by atoms with Gasteiger partial charge in [0.15, 0.2) is 0 Å². The summed E-state index contributed by atoms with van der Waals surface area (Å²) in [4.78, 5) is 23.9. The van der Waals surface area contributed by atoms with Gasteiger partial charge in [0.1, 0.15) is 5.82 Å². The number of morpholine rings is 1. The average molecular weight is 481 g/mol. The molecule has 0 unspecified atom stereocenters. The van der Waals surface area contributed by atoms with E-state index in [4.69, 9.17) is 25.5 Å². The number of hydrogen-bond acceptors (Lipinski definition) is 11. The Morgan fingerprint density at radius 3 is 2.74 bits per heavy atom. The number of nitrogens with one attached hydrogen (secondary N) is 1. The second-order valence-electron chi connectivity index (χ2n) is 8.08. The van der Waals surface area contributed by atoms with E-state index >= 15 is 0 Å². The maximum absolute atomic E-state index is 8.99. The van der Waals surface area contributed by atoms with Crippen molar-refractivity contribution >= 4 is 35.3 Å². The first-order chi connectivity index (χ1) is 16.7. The van der Waals surface area contributed by atoms with Gasteiger partial charge in [0.2, 0.25) is 11.9 Å². The number of benzene rings is 1. The molecule has 2 aliphatic rings. The zero-order valence-electron chi connectivity index (χ0n) is 18.9. The molecule has 2 aromatic heterocycles. The summed E-state index contributed by atoms with van der Waals surface area (Å²) in [5, 5.41) is 8.99. The highest BCUT2D eigenvalue weighted by Crippen LogP contribution is 2.39. The number of anilines is 4. The second-order valence-corrected chi connectivity index (χ2v) is 9.04. The summed E-state index contributed by atoms with van der Waals surface area (Å²) in [7, 11) is 0. The normalized spacial score (nSPS) is 15.6. The van der Waals surface area contributed by atoms with Crippen LogP contribution in [0.1, 0.15) is 12.0 Å². The van der Waals surface area contributed by atoms with E-state index in [9.17, 15) is 0 Å². The number of nitrogens with two attached hydrogens (primary N) is 1. The molecule has 0 radical (unpaired) electrons. The smallest absolute Gasteiger partial charge is 0.228 e. The van der Waals surface area contributed by atoms with Gasteiger partial charge in [-0.25, -0.2) is 15.0 Å². The molecule has 34 heavy (non-hydrogen) atoms. The number of rotatable bonds is 8. The third-order valence-corrected chi connectivity index (χ3v) is 6.65. The van der Waals surface area contributed by atoms with Crippen LogP contribution in [-0.4, -0.2) is 71.0 Å². The predicted molar refractivity (Wildman–Crippen MR) is 133 cm³/mol. The minimum atomic E-state index is 0.185. The summed E-state index contributed by atoms with van der Waals surface area (Å²) >= 11 is 1.57. The van der Waals surface area contributed by atoms with E-state index in [0.717, 1.165) is 72.2 Å². The quantitative estimate of drug-likeness (QED) is 0.324. The van der Waals surface area contributed by atoms with Crippen LogP contribution in [0, 0.1) is 0 Å².